The van der Waals surface area contributed by atoms with Crippen LogP contribution in [0.2, 0.25) is 0 Å². The highest BCUT2D eigenvalue weighted by Crippen LogP contribution is 2.22. The number of nitrogens with one attached hydrogen (secondary N) is 1. The molecule has 0 saturated heterocycles. The predicted octanol–water partition coefficient (Wildman–Crippen LogP) is 1.29. The van der Waals surface area contributed by atoms with Gasteiger partial charge in [0.05, 0.1) is 11.0 Å². The van der Waals surface area contributed by atoms with Crippen molar-refractivity contribution in [3.63, 3.8) is 0 Å². The highest BCUT2D eigenvalue weighted by molar-refractivity contribution is 5.83. The molecule has 0 radical (unpaired) electrons. The summed E-state index contributed by atoms with van der Waals surface area (Å²) < 4.78 is 1.93. The number of nitrogens with two attached hydrogens (primary N) is 1. The van der Waals surface area contributed by atoms with Crippen LogP contribution in [0.25, 0.3) is 11.0 Å². The van der Waals surface area contributed by atoms with Gasteiger partial charge in [0.2, 0.25) is 0 Å². The minimum absolute atomic E-state index is 0.196. The molecule has 5 nitrogen and oxygen atoms in total. The molecule has 2 rings (SSSR count). The Morgan fingerprint density at radius 1 is 1.53 bits per heavy atom. The van der Waals surface area contributed by atoms with E-state index in [4.69, 9.17) is 5.84 Å². The molecule has 2 aromatic rings. The van der Waals surface area contributed by atoms with E-state index in [9.17, 15) is 4.79 Å². The average Bonchev–Trinajstić information content (AvgIpc) is 2.67. The maximum absolute atomic E-state index is 11.8. The third kappa shape index (κ3) is 1.89. The zero-order chi connectivity index (χ0) is 12.4. The maximum atomic E-state index is 11.8. The molecule has 90 valence electrons. The minimum atomic E-state index is -0.313. The number of hydrogen-bond acceptors (Lipinski definition) is 3. The highest BCUT2D eigenvalue weighted by atomic mass is 16.2. The Labute approximate surface area is 99.6 Å². The number of rotatable bonds is 3. The summed E-state index contributed by atoms with van der Waals surface area (Å²) in [6.07, 6.45) is 0.671. The quantitative estimate of drug-likeness (QED) is 0.475. The van der Waals surface area contributed by atoms with Gasteiger partial charge in [-0.15, -0.1) is 0 Å². The van der Waals surface area contributed by atoms with Crippen molar-refractivity contribution >= 4 is 16.9 Å². The van der Waals surface area contributed by atoms with Gasteiger partial charge in [-0.05, 0) is 25.5 Å². The van der Waals surface area contributed by atoms with Crippen molar-refractivity contribution in [3.05, 3.63) is 30.1 Å². The van der Waals surface area contributed by atoms with Crippen molar-refractivity contribution in [2.75, 3.05) is 0 Å². The first-order valence-corrected chi connectivity index (χ1v) is 5.63. The SMILES string of the molecule is CCC(C(=O)NN)n1c(C)nc2ccccc21. The summed E-state index contributed by atoms with van der Waals surface area (Å²) in [7, 11) is 0. The topological polar surface area (TPSA) is 72.9 Å². The van der Waals surface area contributed by atoms with Crippen LogP contribution in [0.15, 0.2) is 24.3 Å². The molecule has 0 saturated carbocycles. The smallest absolute Gasteiger partial charge is 0.256 e. The molecule has 1 heterocycles. The zero-order valence-corrected chi connectivity index (χ0v) is 9.97. The Kier molecular flexibility index (Phi) is 3.10. The van der Waals surface area contributed by atoms with Gasteiger partial charge in [-0.3, -0.25) is 10.2 Å². The lowest BCUT2D eigenvalue weighted by molar-refractivity contribution is -0.124. The molecule has 0 aliphatic rings. The van der Waals surface area contributed by atoms with Crippen LogP contribution in [0, 0.1) is 6.92 Å². The van der Waals surface area contributed by atoms with Crippen LogP contribution >= 0.6 is 0 Å². The summed E-state index contributed by atoms with van der Waals surface area (Å²) in [6, 6.07) is 7.46. The number of hydrazine groups is 1. The highest BCUT2D eigenvalue weighted by Gasteiger charge is 2.21. The van der Waals surface area contributed by atoms with Gasteiger partial charge < -0.3 is 4.57 Å². The molecule has 0 spiro atoms. The largest absolute Gasteiger partial charge is 0.315 e. The van der Waals surface area contributed by atoms with Crippen molar-refractivity contribution in [1.82, 2.24) is 15.0 Å². The summed E-state index contributed by atoms with van der Waals surface area (Å²) in [5, 5.41) is 0. The molecule has 1 amide bonds. The van der Waals surface area contributed by atoms with E-state index in [0.29, 0.717) is 6.42 Å². The third-order valence-corrected chi connectivity index (χ3v) is 2.92. The van der Waals surface area contributed by atoms with Crippen LogP contribution in [0.5, 0.6) is 0 Å². The van der Waals surface area contributed by atoms with Gasteiger partial charge in [0.25, 0.3) is 5.91 Å². The molecule has 1 atom stereocenters. The van der Waals surface area contributed by atoms with E-state index in [1.165, 1.54) is 0 Å². The van der Waals surface area contributed by atoms with Crippen molar-refractivity contribution < 1.29 is 4.79 Å². The van der Waals surface area contributed by atoms with Crippen molar-refractivity contribution in [2.24, 2.45) is 5.84 Å². The first kappa shape index (κ1) is 11.6. The first-order chi connectivity index (χ1) is 8.19. The van der Waals surface area contributed by atoms with Crippen molar-refractivity contribution in [1.29, 1.82) is 0 Å². The van der Waals surface area contributed by atoms with Gasteiger partial charge in [-0.1, -0.05) is 19.1 Å². The first-order valence-electron chi connectivity index (χ1n) is 5.63. The molecule has 0 bridgehead atoms. The minimum Gasteiger partial charge on any atom is -0.315 e. The number of aromatic nitrogens is 2. The third-order valence-electron chi connectivity index (χ3n) is 2.92. The summed E-state index contributed by atoms with van der Waals surface area (Å²) in [5.41, 5.74) is 4.06. The molecule has 0 aliphatic carbocycles. The Bertz CT molecular complexity index is 546. The molecule has 1 aromatic heterocycles. The second kappa shape index (κ2) is 4.55. The van der Waals surface area contributed by atoms with E-state index in [1.54, 1.807) is 0 Å². The van der Waals surface area contributed by atoms with Crippen molar-refractivity contribution in [2.45, 2.75) is 26.3 Å². The molecule has 3 N–H and O–H groups in total. The fraction of sp³-hybridized carbons (Fsp3) is 0.333. The van der Waals surface area contributed by atoms with E-state index in [-0.39, 0.29) is 11.9 Å². The number of hydrogen-bond donors (Lipinski definition) is 2. The lowest BCUT2D eigenvalue weighted by atomic mass is 10.2. The molecule has 1 unspecified atom stereocenters. The number of fused-ring (bicyclic) bond motifs is 1. The van der Waals surface area contributed by atoms with E-state index in [2.05, 4.69) is 10.4 Å². The number of carbonyl (C=O) groups excluding carboxylic acids is 1. The molecule has 0 aliphatic heterocycles. The predicted molar refractivity (Wildman–Crippen MR) is 66.1 cm³/mol. The van der Waals surface area contributed by atoms with E-state index < -0.39 is 0 Å². The van der Waals surface area contributed by atoms with Crippen molar-refractivity contribution in [3.8, 4) is 0 Å². The Morgan fingerprint density at radius 2 is 2.24 bits per heavy atom. The van der Waals surface area contributed by atoms with Crippen LogP contribution in [-0.4, -0.2) is 15.5 Å². The number of carbonyl (C=O) groups is 1. The lowest BCUT2D eigenvalue weighted by Gasteiger charge is -2.17. The normalized spacial score (nSPS) is 12.6. The Balaban J connectivity index is 2.60. The van der Waals surface area contributed by atoms with E-state index in [1.807, 2.05) is 42.7 Å². The molecule has 5 heteroatoms. The summed E-state index contributed by atoms with van der Waals surface area (Å²) in [5.74, 6) is 5.84. The van der Waals surface area contributed by atoms with Gasteiger partial charge >= 0.3 is 0 Å². The van der Waals surface area contributed by atoms with Crippen LogP contribution in [0.1, 0.15) is 25.2 Å². The Hall–Kier alpha value is -1.88. The second-order valence-corrected chi connectivity index (χ2v) is 3.95. The van der Waals surface area contributed by atoms with Gasteiger partial charge in [0.15, 0.2) is 0 Å². The maximum Gasteiger partial charge on any atom is 0.256 e. The fourth-order valence-corrected chi connectivity index (χ4v) is 2.14. The molecule has 17 heavy (non-hydrogen) atoms. The molecular formula is C12H16N4O. The Morgan fingerprint density at radius 3 is 2.88 bits per heavy atom. The monoisotopic (exact) mass is 232 g/mol. The average molecular weight is 232 g/mol. The van der Waals surface area contributed by atoms with E-state index >= 15 is 0 Å². The molecule has 1 aromatic carbocycles. The van der Waals surface area contributed by atoms with Gasteiger partial charge in [0.1, 0.15) is 11.9 Å². The zero-order valence-electron chi connectivity index (χ0n) is 9.97. The van der Waals surface area contributed by atoms with Gasteiger partial charge in [0, 0.05) is 0 Å². The number of benzene rings is 1. The van der Waals surface area contributed by atoms with Crippen LogP contribution in [-0.2, 0) is 4.79 Å². The molecule has 0 fully saturated rings. The summed E-state index contributed by atoms with van der Waals surface area (Å²) >= 11 is 0. The molecular weight excluding hydrogens is 216 g/mol. The van der Waals surface area contributed by atoms with Crippen LogP contribution in [0.3, 0.4) is 0 Å². The number of para-hydroxylation sites is 2. The number of nitrogens with zero attached hydrogens (tertiary/aromatic N) is 2. The van der Waals surface area contributed by atoms with Crippen LogP contribution < -0.4 is 11.3 Å². The standard InChI is InChI=1S/C12H16N4O/c1-3-10(12(17)15-13)16-8(2)14-9-6-4-5-7-11(9)16/h4-7,10H,3,13H2,1-2H3,(H,15,17). The summed E-state index contributed by atoms with van der Waals surface area (Å²) in [4.78, 5) is 16.2. The summed E-state index contributed by atoms with van der Waals surface area (Å²) in [6.45, 7) is 3.85. The second-order valence-electron chi connectivity index (χ2n) is 3.95. The van der Waals surface area contributed by atoms with Gasteiger partial charge in [-0.25, -0.2) is 10.8 Å². The van der Waals surface area contributed by atoms with Gasteiger partial charge in [-0.2, -0.15) is 0 Å². The number of amides is 1. The lowest BCUT2D eigenvalue weighted by Crippen LogP contribution is -2.37. The number of imidazole rings is 1. The fourth-order valence-electron chi connectivity index (χ4n) is 2.14. The number of aryl methyl sites for hydroxylation is 1. The van der Waals surface area contributed by atoms with Crippen LogP contribution in [0.4, 0.5) is 0 Å². The van der Waals surface area contributed by atoms with E-state index in [0.717, 1.165) is 16.9 Å².